The smallest absolute Gasteiger partial charge is 0.417 e. The van der Waals surface area contributed by atoms with Gasteiger partial charge < -0.3 is 4.74 Å². The van der Waals surface area contributed by atoms with Gasteiger partial charge in [-0.2, -0.15) is 4.58 Å². The third kappa shape index (κ3) is 4.54. The largest absolute Gasteiger partial charge is 0.446 e. The van der Waals surface area contributed by atoms with Crippen LogP contribution in [0.5, 0.6) is 5.75 Å². The minimum Gasteiger partial charge on any atom is -0.446 e. The maximum absolute atomic E-state index is 7.04. The molecule has 8 rings (SSSR count). The molecule has 4 aliphatic rings. The molecule has 4 aliphatic heterocycles. The minimum atomic E-state index is -0.654. The molecular formula is C45H54N4O+2. The molecule has 50 heavy (non-hydrogen) atoms. The molecule has 0 N–H and O–H groups in total. The summed E-state index contributed by atoms with van der Waals surface area (Å²) in [4.78, 5) is 7.97. The fourth-order valence-electron chi connectivity index (χ4n) is 9.22. The summed E-state index contributed by atoms with van der Waals surface area (Å²) in [7, 11) is 0. The van der Waals surface area contributed by atoms with Gasteiger partial charge >= 0.3 is 5.79 Å². The zero-order valence-corrected chi connectivity index (χ0v) is 31.9. The van der Waals surface area contributed by atoms with Crippen LogP contribution in [0.15, 0.2) is 77.4 Å². The van der Waals surface area contributed by atoms with E-state index in [9.17, 15) is 0 Å². The van der Waals surface area contributed by atoms with Crippen LogP contribution in [0.4, 0.5) is 0 Å². The van der Waals surface area contributed by atoms with Crippen LogP contribution in [0.1, 0.15) is 110 Å². The number of hydrogen-bond donors (Lipinski definition) is 0. The van der Waals surface area contributed by atoms with Crippen LogP contribution in [0.3, 0.4) is 0 Å². The molecule has 3 unspecified atom stereocenters. The molecule has 0 fully saturated rings. The van der Waals surface area contributed by atoms with E-state index in [1.165, 1.54) is 60.6 Å². The molecule has 0 bridgehead atoms. The highest BCUT2D eigenvalue weighted by molar-refractivity contribution is 6.13. The van der Waals surface area contributed by atoms with Crippen molar-refractivity contribution in [2.45, 2.75) is 118 Å². The summed E-state index contributed by atoms with van der Waals surface area (Å²) in [5.74, 6) is 1.25. The van der Waals surface area contributed by atoms with Gasteiger partial charge in [0.15, 0.2) is 12.3 Å². The minimum absolute atomic E-state index is 0.0443. The first-order valence-corrected chi connectivity index (χ1v) is 18.9. The van der Waals surface area contributed by atoms with Crippen LogP contribution < -0.4 is 4.74 Å². The summed E-state index contributed by atoms with van der Waals surface area (Å²) in [6.07, 6.45) is 7.70. The Morgan fingerprint density at radius 2 is 1.64 bits per heavy atom. The van der Waals surface area contributed by atoms with E-state index in [4.69, 9.17) is 9.73 Å². The predicted molar refractivity (Wildman–Crippen MR) is 208 cm³/mol. The Labute approximate surface area is 298 Å². The molecule has 258 valence electrons. The van der Waals surface area contributed by atoms with E-state index in [0.29, 0.717) is 11.8 Å². The van der Waals surface area contributed by atoms with Gasteiger partial charge in [-0.15, -0.1) is 4.58 Å². The van der Waals surface area contributed by atoms with Crippen LogP contribution in [-0.4, -0.2) is 50.6 Å². The van der Waals surface area contributed by atoms with E-state index in [1.54, 1.807) is 0 Å². The maximum Gasteiger partial charge on any atom is 0.417 e. The van der Waals surface area contributed by atoms with Crippen molar-refractivity contribution in [2.75, 3.05) is 0 Å². The molecule has 4 aromatic carbocycles. The molecule has 0 aliphatic carbocycles. The van der Waals surface area contributed by atoms with Gasteiger partial charge in [0.2, 0.25) is 0 Å². The van der Waals surface area contributed by atoms with Gasteiger partial charge in [-0.1, -0.05) is 103 Å². The third-order valence-corrected chi connectivity index (χ3v) is 11.4. The fourth-order valence-corrected chi connectivity index (χ4v) is 9.22. The summed E-state index contributed by atoms with van der Waals surface area (Å²) in [5, 5.41) is 5.12. The number of ether oxygens (including phenoxy) is 1. The molecule has 0 saturated heterocycles. The van der Waals surface area contributed by atoms with Gasteiger partial charge in [0.25, 0.3) is 12.6 Å². The molecule has 0 radical (unpaired) electrons. The summed E-state index contributed by atoms with van der Waals surface area (Å²) >= 11 is 0. The van der Waals surface area contributed by atoms with Crippen molar-refractivity contribution in [1.82, 2.24) is 4.90 Å². The average Bonchev–Trinajstić information content (AvgIpc) is 3.57. The summed E-state index contributed by atoms with van der Waals surface area (Å²) in [5.41, 5.74) is 9.21. The molecule has 4 heterocycles. The lowest BCUT2D eigenvalue weighted by Gasteiger charge is -2.43. The first-order valence-electron chi connectivity index (χ1n) is 18.9. The molecule has 3 atom stereocenters. The van der Waals surface area contributed by atoms with Gasteiger partial charge in [0.1, 0.15) is 22.9 Å². The lowest BCUT2D eigenvalue weighted by molar-refractivity contribution is -0.837. The van der Waals surface area contributed by atoms with Crippen molar-refractivity contribution in [3.63, 3.8) is 0 Å². The maximum atomic E-state index is 7.04. The number of hydrogen-bond acceptors (Lipinski definition) is 3. The number of fused-ring (bicyclic) bond motifs is 12. The van der Waals surface area contributed by atoms with Crippen LogP contribution in [0, 0.1) is 11.8 Å². The Bertz CT molecular complexity index is 2190. The molecule has 0 aromatic heterocycles. The molecule has 4 aromatic rings. The normalized spacial score (nSPS) is 22.6. The fraction of sp³-hybridized carbons (Fsp3) is 0.444. The van der Waals surface area contributed by atoms with Gasteiger partial charge in [-0.25, -0.2) is 0 Å². The number of benzene rings is 4. The Morgan fingerprint density at radius 1 is 0.900 bits per heavy atom. The molecule has 5 heteroatoms. The second-order valence-corrected chi connectivity index (χ2v) is 17.3. The summed E-state index contributed by atoms with van der Waals surface area (Å²) < 4.78 is 12.2. The van der Waals surface area contributed by atoms with Crippen molar-refractivity contribution in [2.24, 2.45) is 16.8 Å². The van der Waals surface area contributed by atoms with E-state index in [2.05, 4.69) is 170 Å². The number of rotatable bonds is 5. The second kappa shape index (κ2) is 11.4. The first-order chi connectivity index (χ1) is 23.7. The average molecular weight is 667 g/mol. The molecule has 0 saturated carbocycles. The van der Waals surface area contributed by atoms with Gasteiger partial charge in [0, 0.05) is 34.3 Å². The lowest BCUT2D eigenvalue weighted by atomic mass is 9.78. The van der Waals surface area contributed by atoms with Gasteiger partial charge in [-0.05, 0) is 89.7 Å². The van der Waals surface area contributed by atoms with E-state index in [-0.39, 0.29) is 29.6 Å². The number of aliphatic imine (C=N–C) groups is 1. The monoisotopic (exact) mass is 666 g/mol. The molecule has 0 amide bonds. The SMILES string of the molecule is CC(C)Cc1cccc2ccc3c(c12)OC1N=C[N+]2=C(c4cc(C(C)(C)C)c5ccccc5c4C24N(C(C)C)C=C(C(C)C)C=[N+]4C(C)C)C31. The number of allylic oxidation sites excluding steroid dienone is 1. The highest BCUT2D eigenvalue weighted by Gasteiger charge is 2.68. The van der Waals surface area contributed by atoms with Crippen molar-refractivity contribution in [3.8, 4) is 5.75 Å². The highest BCUT2D eigenvalue weighted by atomic mass is 16.5. The molecule has 5 nitrogen and oxygen atoms in total. The van der Waals surface area contributed by atoms with Crippen LogP contribution in [0.25, 0.3) is 21.5 Å². The Hall–Kier alpha value is -4.25. The second-order valence-electron chi connectivity index (χ2n) is 17.3. The van der Waals surface area contributed by atoms with Crippen LogP contribution >= 0.6 is 0 Å². The lowest BCUT2D eigenvalue weighted by Crippen LogP contribution is -2.64. The highest BCUT2D eigenvalue weighted by Crippen LogP contribution is 2.54. The van der Waals surface area contributed by atoms with Crippen molar-refractivity contribution in [3.05, 3.63) is 100 Å². The standard InChI is InChI=1S/C45H54N4O/c1-26(2)21-31-16-14-15-30-19-20-35-39-41-36-22-37(44(9,10)11)33-17-12-13-18-34(33)40(36)45(49(41)25-46-43(39)50-42(35)38(30)31)47(28(5)6)23-32(27(3)4)24-48(45)29(7)8/h12-20,22-29,39,43H,21H2,1-11H3/q+2. The van der Waals surface area contributed by atoms with Crippen molar-refractivity contribution in [1.29, 1.82) is 0 Å². The van der Waals surface area contributed by atoms with E-state index >= 15 is 0 Å². The van der Waals surface area contributed by atoms with E-state index in [1.807, 2.05) is 0 Å². The van der Waals surface area contributed by atoms with Crippen molar-refractivity contribution < 1.29 is 13.9 Å². The zero-order chi connectivity index (χ0) is 35.4. The van der Waals surface area contributed by atoms with Crippen LogP contribution in [-0.2, 0) is 17.6 Å². The topological polar surface area (TPSA) is 30.9 Å². The Balaban J connectivity index is 1.51. The van der Waals surface area contributed by atoms with Gasteiger partial charge in [0.05, 0.1) is 0 Å². The van der Waals surface area contributed by atoms with Gasteiger partial charge in [-0.3, -0.25) is 4.90 Å². The number of nitrogens with zero attached hydrogens (tertiary/aromatic N) is 4. The van der Waals surface area contributed by atoms with Crippen LogP contribution in [0.2, 0.25) is 0 Å². The Kier molecular flexibility index (Phi) is 7.50. The van der Waals surface area contributed by atoms with E-state index < -0.39 is 5.79 Å². The molecular weight excluding hydrogens is 613 g/mol. The zero-order valence-electron chi connectivity index (χ0n) is 31.9. The van der Waals surface area contributed by atoms with E-state index in [0.717, 1.165) is 12.2 Å². The molecule has 1 spiro atoms. The predicted octanol–water partition coefficient (Wildman–Crippen LogP) is 9.71. The third-order valence-electron chi connectivity index (χ3n) is 11.4. The summed E-state index contributed by atoms with van der Waals surface area (Å²) in [6, 6.07) is 23.4. The summed E-state index contributed by atoms with van der Waals surface area (Å²) in [6.45, 7) is 25.6. The Morgan fingerprint density at radius 3 is 2.30 bits per heavy atom. The first kappa shape index (κ1) is 32.9. The van der Waals surface area contributed by atoms with Crippen molar-refractivity contribution >= 4 is 39.8 Å². The quantitative estimate of drug-likeness (QED) is 0.199.